The Kier molecular flexibility index (Phi) is 8.45. The molecule has 13 heteroatoms. The van der Waals surface area contributed by atoms with Crippen molar-refractivity contribution in [3.8, 4) is 0 Å². The van der Waals surface area contributed by atoms with Gasteiger partial charge in [-0.3, -0.25) is 9.05 Å². The van der Waals surface area contributed by atoms with Crippen LogP contribution in [0.4, 0.5) is 0 Å². The van der Waals surface area contributed by atoms with Gasteiger partial charge in [-0.15, -0.1) is 0 Å². The van der Waals surface area contributed by atoms with Gasteiger partial charge in [0.1, 0.15) is 12.2 Å². The van der Waals surface area contributed by atoms with Crippen LogP contribution in [0.5, 0.6) is 0 Å². The van der Waals surface area contributed by atoms with Gasteiger partial charge in [0.25, 0.3) is 0 Å². The van der Waals surface area contributed by atoms with E-state index in [1.807, 2.05) is 0 Å². The molecule has 0 aliphatic carbocycles. The Labute approximate surface area is 108 Å². The third-order valence-electron chi connectivity index (χ3n) is 1.65. The Morgan fingerprint density at radius 1 is 0.789 bits per heavy atom. The lowest BCUT2D eigenvalue weighted by Crippen LogP contribution is -2.33. The number of aliphatic hydroxyl groups is 2. The Hall–Kier alpha value is 0.1000. The summed E-state index contributed by atoms with van der Waals surface area (Å²) in [5.74, 6) is 0. The van der Waals surface area contributed by atoms with Gasteiger partial charge in [0.15, 0.2) is 0 Å². The van der Waals surface area contributed by atoms with E-state index in [9.17, 15) is 9.13 Å². The summed E-state index contributed by atoms with van der Waals surface area (Å²) in [5.41, 5.74) is 0. The molecule has 0 saturated carbocycles. The molecule has 0 amide bonds. The fraction of sp³-hybridized carbons (Fsp3) is 1.00. The van der Waals surface area contributed by atoms with Crippen molar-refractivity contribution in [3.63, 3.8) is 0 Å². The summed E-state index contributed by atoms with van der Waals surface area (Å²) in [4.78, 5) is 33.8. The molecule has 0 saturated heterocycles. The molecule has 0 aromatic carbocycles. The van der Waals surface area contributed by atoms with Crippen LogP contribution in [-0.2, 0) is 22.9 Å². The van der Waals surface area contributed by atoms with Crippen molar-refractivity contribution < 1.29 is 52.7 Å². The van der Waals surface area contributed by atoms with Crippen molar-refractivity contribution in [3.05, 3.63) is 0 Å². The summed E-state index contributed by atoms with van der Waals surface area (Å²) < 4.78 is 33.9. The van der Waals surface area contributed by atoms with Crippen LogP contribution in [-0.4, -0.2) is 68.4 Å². The molecule has 0 aromatic heterocycles. The Morgan fingerprint density at radius 2 is 1.11 bits per heavy atom. The van der Waals surface area contributed by atoms with E-state index in [0.717, 1.165) is 0 Å². The number of phosphoric acid groups is 2. The van der Waals surface area contributed by atoms with Crippen molar-refractivity contribution in [2.45, 2.75) is 12.2 Å². The molecule has 11 nitrogen and oxygen atoms in total. The molecule has 0 aliphatic heterocycles. The highest BCUT2D eigenvalue weighted by molar-refractivity contribution is 7.46. The predicted octanol–water partition coefficient (Wildman–Crippen LogP) is -2.06. The van der Waals surface area contributed by atoms with E-state index in [2.05, 4.69) is 9.05 Å². The summed E-state index contributed by atoms with van der Waals surface area (Å²) in [6, 6.07) is 0. The summed E-state index contributed by atoms with van der Waals surface area (Å²) >= 11 is 0. The van der Waals surface area contributed by atoms with E-state index >= 15 is 0 Å². The molecule has 0 unspecified atom stereocenters. The molecule has 116 valence electrons. The molecule has 19 heavy (non-hydrogen) atoms. The Bertz CT molecular complexity index is 302. The molecule has 0 aliphatic rings. The van der Waals surface area contributed by atoms with Crippen LogP contribution in [0.1, 0.15) is 0 Å². The quantitative estimate of drug-likeness (QED) is 0.243. The lowest BCUT2D eigenvalue weighted by atomic mass is 10.3. The first-order valence-electron chi connectivity index (χ1n) is 4.84. The molecular weight excluding hydrogens is 310 g/mol. The fourth-order valence-electron chi connectivity index (χ4n) is 0.903. The molecule has 0 spiro atoms. The van der Waals surface area contributed by atoms with Gasteiger partial charge in [-0.05, 0) is 0 Å². The van der Waals surface area contributed by atoms with Crippen LogP contribution in [0.15, 0.2) is 0 Å². The van der Waals surface area contributed by atoms with Crippen molar-refractivity contribution in [2.24, 2.45) is 0 Å². The van der Waals surface area contributed by atoms with Gasteiger partial charge >= 0.3 is 15.6 Å². The van der Waals surface area contributed by atoms with E-state index in [4.69, 9.17) is 34.5 Å². The predicted molar refractivity (Wildman–Crippen MR) is 58.8 cm³/mol. The first kappa shape index (κ1) is 19.1. The normalized spacial score (nSPS) is 16.3. The highest BCUT2D eigenvalue weighted by Crippen LogP contribution is 2.37. The van der Waals surface area contributed by atoms with Crippen molar-refractivity contribution in [1.82, 2.24) is 0 Å². The van der Waals surface area contributed by atoms with Crippen molar-refractivity contribution >= 4 is 15.6 Å². The molecule has 0 radical (unpaired) electrons. The van der Waals surface area contributed by atoms with Gasteiger partial charge in [-0.2, -0.15) is 0 Å². The zero-order valence-electron chi connectivity index (χ0n) is 9.60. The third-order valence-corrected chi connectivity index (χ3v) is 2.62. The van der Waals surface area contributed by atoms with Gasteiger partial charge in [-0.25, -0.2) is 9.13 Å². The fourth-order valence-corrected chi connectivity index (χ4v) is 1.62. The topological polar surface area (TPSA) is 183 Å². The van der Waals surface area contributed by atoms with Gasteiger partial charge in [-0.1, -0.05) is 0 Å². The molecule has 0 heterocycles. The van der Waals surface area contributed by atoms with Crippen LogP contribution in [0.3, 0.4) is 0 Å². The summed E-state index contributed by atoms with van der Waals surface area (Å²) in [6.45, 7) is -2.72. The number of rotatable bonds is 10. The van der Waals surface area contributed by atoms with Crippen LogP contribution in [0, 0.1) is 0 Å². The van der Waals surface area contributed by atoms with E-state index in [1.165, 1.54) is 0 Å². The van der Waals surface area contributed by atoms with Gasteiger partial charge in [0.05, 0.1) is 26.4 Å². The van der Waals surface area contributed by atoms with Crippen LogP contribution >= 0.6 is 15.6 Å². The molecular formula is C6H16O11P2. The van der Waals surface area contributed by atoms with Crippen LogP contribution in [0.2, 0.25) is 0 Å². The van der Waals surface area contributed by atoms with Crippen molar-refractivity contribution in [1.29, 1.82) is 0 Å². The largest absolute Gasteiger partial charge is 0.469 e. The second-order valence-electron chi connectivity index (χ2n) is 3.32. The number of hydrogen-bond donors (Lipinski definition) is 6. The van der Waals surface area contributed by atoms with Gasteiger partial charge < -0.3 is 34.5 Å². The summed E-state index contributed by atoms with van der Waals surface area (Å²) in [7, 11) is -9.47. The number of phosphoric ester groups is 2. The van der Waals surface area contributed by atoms with Gasteiger partial charge in [0, 0.05) is 0 Å². The minimum atomic E-state index is -4.74. The molecule has 0 aromatic rings. The molecule has 0 fully saturated rings. The lowest BCUT2D eigenvalue weighted by Gasteiger charge is -2.22. The van der Waals surface area contributed by atoms with Gasteiger partial charge in [0.2, 0.25) is 0 Å². The maximum atomic E-state index is 10.4. The number of hydrogen-bond acceptors (Lipinski definition) is 7. The number of ether oxygens (including phenoxy) is 1. The van der Waals surface area contributed by atoms with Crippen molar-refractivity contribution in [2.75, 3.05) is 26.4 Å². The van der Waals surface area contributed by atoms with E-state index in [-0.39, 0.29) is 0 Å². The second kappa shape index (κ2) is 8.40. The summed E-state index contributed by atoms with van der Waals surface area (Å²) in [5, 5.41) is 17.7. The van der Waals surface area contributed by atoms with Crippen LogP contribution < -0.4 is 0 Å². The zero-order chi connectivity index (χ0) is 15.1. The maximum Gasteiger partial charge on any atom is 0.469 e. The first-order chi connectivity index (χ1) is 8.57. The highest BCUT2D eigenvalue weighted by Gasteiger charge is 2.23. The minimum absolute atomic E-state index is 0.673. The standard InChI is InChI=1S/C6H16O11P2/c7-1-5(3-15-18(9,10)11)17-6(2-8)4-16-19(12,13)14/h5-8H,1-4H2,(H2,9,10,11)(H2,12,13,14)/t5-,6-/m0/s1. The minimum Gasteiger partial charge on any atom is -0.394 e. The SMILES string of the molecule is O=P(O)(O)OC[C@H](CO)O[C@@H](CO)COP(=O)(O)O. The Balaban J connectivity index is 4.24. The molecule has 6 N–H and O–H groups in total. The Morgan fingerprint density at radius 3 is 1.32 bits per heavy atom. The third kappa shape index (κ3) is 11.6. The highest BCUT2D eigenvalue weighted by atomic mass is 31.2. The van der Waals surface area contributed by atoms with E-state index in [1.54, 1.807) is 0 Å². The molecule has 2 atom stereocenters. The second-order valence-corrected chi connectivity index (χ2v) is 5.80. The maximum absolute atomic E-state index is 10.4. The average Bonchev–Trinajstić information content (AvgIpc) is 2.25. The monoisotopic (exact) mass is 326 g/mol. The van der Waals surface area contributed by atoms with E-state index in [0.29, 0.717) is 0 Å². The average molecular weight is 326 g/mol. The smallest absolute Gasteiger partial charge is 0.394 e. The summed E-state index contributed by atoms with van der Waals surface area (Å²) in [6.07, 6.45) is -2.41. The molecule has 0 bridgehead atoms. The molecule has 0 rings (SSSR count). The first-order valence-corrected chi connectivity index (χ1v) is 7.91. The van der Waals surface area contributed by atoms with E-state index < -0.39 is 54.3 Å². The zero-order valence-corrected chi connectivity index (χ0v) is 11.4. The van der Waals surface area contributed by atoms with Crippen LogP contribution in [0.25, 0.3) is 0 Å². The lowest BCUT2D eigenvalue weighted by molar-refractivity contribution is -0.0932. The number of aliphatic hydroxyl groups excluding tert-OH is 2.